The number of nitrogens with one attached hydrogen (secondary N) is 1. The fourth-order valence-corrected chi connectivity index (χ4v) is 3.38. The molecule has 6 nitrogen and oxygen atoms in total. The summed E-state index contributed by atoms with van der Waals surface area (Å²) in [7, 11) is 0. The van der Waals surface area contributed by atoms with Gasteiger partial charge >= 0.3 is 0 Å². The zero-order chi connectivity index (χ0) is 19.7. The van der Waals surface area contributed by atoms with Crippen LogP contribution in [0.4, 0.5) is 10.1 Å². The number of anilines is 1. The van der Waals surface area contributed by atoms with Crippen LogP contribution in [0.15, 0.2) is 71.3 Å². The number of rotatable bonds is 5. The number of nitrogens with zero attached hydrogens (tertiary/aromatic N) is 1. The van der Waals surface area contributed by atoms with Crippen LogP contribution in [0.5, 0.6) is 0 Å². The molecule has 0 fully saturated rings. The first-order valence-corrected chi connectivity index (χ1v) is 8.69. The fraction of sp³-hybridized carbons (Fsp3) is 0.143. The minimum Gasteiger partial charge on any atom is -0.467 e. The molecule has 0 radical (unpaired) electrons. The molecule has 2 amide bonds. The second kappa shape index (κ2) is 6.94. The first-order chi connectivity index (χ1) is 13.5. The molecular weight excluding hydrogens is 363 g/mol. The van der Waals surface area contributed by atoms with E-state index in [-0.39, 0.29) is 18.7 Å². The fourth-order valence-electron chi connectivity index (χ4n) is 3.38. The van der Waals surface area contributed by atoms with E-state index in [2.05, 4.69) is 5.32 Å². The van der Waals surface area contributed by atoms with Gasteiger partial charge in [0.2, 0.25) is 5.91 Å². The third kappa shape index (κ3) is 2.95. The summed E-state index contributed by atoms with van der Waals surface area (Å²) >= 11 is 0. The van der Waals surface area contributed by atoms with Gasteiger partial charge in [-0.1, -0.05) is 30.3 Å². The average Bonchev–Trinajstić information content (AvgIpc) is 3.29. The van der Waals surface area contributed by atoms with Crippen molar-refractivity contribution in [2.75, 3.05) is 11.4 Å². The maximum Gasteiger partial charge on any atom is 0.268 e. The van der Waals surface area contributed by atoms with Crippen LogP contribution < -0.4 is 10.2 Å². The lowest BCUT2D eigenvalue weighted by Gasteiger charge is -2.23. The van der Waals surface area contributed by atoms with E-state index in [4.69, 9.17) is 4.42 Å². The Morgan fingerprint density at radius 1 is 1.14 bits per heavy atom. The van der Waals surface area contributed by atoms with Crippen LogP contribution in [0, 0.1) is 5.82 Å². The number of halogens is 1. The minimum atomic E-state index is -2.06. The molecule has 0 unspecified atom stereocenters. The van der Waals surface area contributed by atoms with Crippen LogP contribution in [0.3, 0.4) is 0 Å². The van der Waals surface area contributed by atoms with Crippen LogP contribution in [0.1, 0.15) is 16.9 Å². The highest BCUT2D eigenvalue weighted by Crippen LogP contribution is 2.44. The van der Waals surface area contributed by atoms with E-state index in [0.717, 1.165) is 6.07 Å². The van der Waals surface area contributed by atoms with Crippen molar-refractivity contribution in [1.82, 2.24) is 5.32 Å². The molecule has 4 rings (SSSR count). The smallest absolute Gasteiger partial charge is 0.268 e. The van der Waals surface area contributed by atoms with Gasteiger partial charge in [-0.25, -0.2) is 4.39 Å². The number of amides is 2. The topological polar surface area (TPSA) is 82.8 Å². The quantitative estimate of drug-likeness (QED) is 0.712. The molecular formula is C21H17FN2O4. The number of hydrogen-bond donors (Lipinski definition) is 2. The molecule has 2 aromatic carbocycles. The molecule has 1 aliphatic rings. The van der Waals surface area contributed by atoms with Crippen LogP contribution >= 0.6 is 0 Å². The minimum absolute atomic E-state index is 0.114. The second-order valence-corrected chi connectivity index (χ2v) is 6.49. The Bertz CT molecular complexity index is 1030. The van der Waals surface area contributed by atoms with Gasteiger partial charge in [-0.15, -0.1) is 0 Å². The summed E-state index contributed by atoms with van der Waals surface area (Å²) in [5.41, 5.74) is -1.22. The zero-order valence-electron chi connectivity index (χ0n) is 14.8. The van der Waals surface area contributed by atoms with Gasteiger partial charge in [0, 0.05) is 11.1 Å². The van der Waals surface area contributed by atoms with Crippen molar-refractivity contribution in [2.45, 2.75) is 12.1 Å². The van der Waals surface area contributed by atoms with E-state index in [1.165, 1.54) is 29.4 Å². The lowest BCUT2D eigenvalue weighted by molar-refractivity contribution is -0.133. The number of carbonyl (C=O) groups is 2. The van der Waals surface area contributed by atoms with E-state index in [1.54, 1.807) is 36.4 Å². The van der Waals surface area contributed by atoms with Gasteiger partial charge in [-0.05, 0) is 30.3 Å². The predicted octanol–water partition coefficient (Wildman–Crippen LogP) is 2.32. The summed E-state index contributed by atoms with van der Waals surface area (Å²) in [5.74, 6) is -1.10. The highest BCUT2D eigenvalue weighted by atomic mass is 19.1. The summed E-state index contributed by atoms with van der Waals surface area (Å²) in [6.45, 7) is -0.0993. The molecule has 0 spiro atoms. The lowest BCUT2D eigenvalue weighted by atomic mass is 9.87. The number of benzene rings is 2. The van der Waals surface area contributed by atoms with E-state index in [9.17, 15) is 19.1 Å². The van der Waals surface area contributed by atoms with Gasteiger partial charge in [0.25, 0.3) is 5.91 Å². The Morgan fingerprint density at radius 2 is 1.96 bits per heavy atom. The standard InChI is InChI=1S/C21H17FN2O4/c22-15-6-3-5-14(11-15)21(27)17-8-1-2-9-18(17)24(20(21)26)13-19(25)23-12-16-7-4-10-28-16/h1-11,27H,12-13H2,(H,23,25)/t21-/m0/s1. The summed E-state index contributed by atoms with van der Waals surface area (Å²) in [5, 5.41) is 13.9. The normalized spacial score (nSPS) is 18.2. The SMILES string of the molecule is O=C(CN1C(=O)[C@](O)(c2cccc(F)c2)c2ccccc21)NCc1ccco1. The third-order valence-electron chi connectivity index (χ3n) is 4.72. The molecule has 3 aromatic rings. The molecule has 28 heavy (non-hydrogen) atoms. The number of hydrogen-bond acceptors (Lipinski definition) is 4. The van der Waals surface area contributed by atoms with Crippen LogP contribution in [-0.2, 0) is 21.7 Å². The highest BCUT2D eigenvalue weighted by Gasteiger charge is 2.51. The molecule has 1 aliphatic heterocycles. The Balaban J connectivity index is 1.62. The van der Waals surface area contributed by atoms with Crippen LogP contribution in [-0.4, -0.2) is 23.5 Å². The van der Waals surface area contributed by atoms with Crippen LogP contribution in [0.25, 0.3) is 0 Å². The first kappa shape index (κ1) is 17.9. The Morgan fingerprint density at radius 3 is 2.71 bits per heavy atom. The zero-order valence-corrected chi connectivity index (χ0v) is 14.8. The van der Waals surface area contributed by atoms with Crippen molar-refractivity contribution in [3.63, 3.8) is 0 Å². The van der Waals surface area contributed by atoms with Gasteiger partial charge in [-0.2, -0.15) is 0 Å². The van der Waals surface area contributed by atoms with Gasteiger partial charge in [0.05, 0.1) is 18.5 Å². The van der Waals surface area contributed by atoms with Crippen LogP contribution in [0.2, 0.25) is 0 Å². The number of para-hydroxylation sites is 1. The number of fused-ring (bicyclic) bond motifs is 1. The van der Waals surface area contributed by atoms with Crippen molar-refractivity contribution in [2.24, 2.45) is 0 Å². The third-order valence-corrected chi connectivity index (χ3v) is 4.72. The Labute approximate surface area is 160 Å². The first-order valence-electron chi connectivity index (χ1n) is 8.69. The van der Waals surface area contributed by atoms with Gasteiger partial charge in [0.15, 0.2) is 5.60 Å². The largest absolute Gasteiger partial charge is 0.467 e. The van der Waals surface area contributed by atoms with E-state index < -0.39 is 23.2 Å². The lowest BCUT2D eigenvalue weighted by Crippen LogP contribution is -2.45. The second-order valence-electron chi connectivity index (χ2n) is 6.49. The van der Waals surface area contributed by atoms with E-state index >= 15 is 0 Å². The van der Waals surface area contributed by atoms with Crippen molar-refractivity contribution in [3.8, 4) is 0 Å². The molecule has 7 heteroatoms. The maximum atomic E-state index is 13.7. The van der Waals surface area contributed by atoms with Gasteiger partial charge < -0.3 is 14.8 Å². The molecule has 0 bridgehead atoms. The van der Waals surface area contributed by atoms with Crippen molar-refractivity contribution < 1.29 is 23.5 Å². The molecule has 2 N–H and O–H groups in total. The van der Waals surface area contributed by atoms with Crippen molar-refractivity contribution in [1.29, 1.82) is 0 Å². The summed E-state index contributed by atoms with van der Waals surface area (Å²) in [6, 6.07) is 15.3. The number of furan rings is 1. The van der Waals surface area contributed by atoms with Crippen molar-refractivity contribution >= 4 is 17.5 Å². The highest BCUT2D eigenvalue weighted by molar-refractivity contribution is 6.11. The molecule has 1 atom stereocenters. The predicted molar refractivity (Wildman–Crippen MR) is 98.7 cm³/mol. The monoisotopic (exact) mass is 380 g/mol. The molecule has 142 valence electrons. The van der Waals surface area contributed by atoms with E-state index in [1.807, 2.05) is 0 Å². The number of aliphatic hydroxyl groups is 1. The number of carbonyl (C=O) groups excluding carboxylic acids is 2. The van der Waals surface area contributed by atoms with E-state index in [0.29, 0.717) is 17.0 Å². The molecule has 0 saturated heterocycles. The summed E-state index contributed by atoms with van der Waals surface area (Å²) < 4.78 is 18.9. The Hall–Kier alpha value is -3.45. The van der Waals surface area contributed by atoms with Crippen molar-refractivity contribution in [3.05, 3.63) is 89.6 Å². The Kier molecular flexibility index (Phi) is 4.44. The molecule has 0 aliphatic carbocycles. The molecule has 0 saturated carbocycles. The van der Waals surface area contributed by atoms with Gasteiger partial charge in [-0.3, -0.25) is 14.5 Å². The maximum absolute atomic E-state index is 13.7. The summed E-state index contributed by atoms with van der Waals surface area (Å²) in [4.78, 5) is 26.7. The molecule has 2 heterocycles. The van der Waals surface area contributed by atoms with Gasteiger partial charge in [0.1, 0.15) is 18.1 Å². The summed E-state index contributed by atoms with van der Waals surface area (Å²) in [6.07, 6.45) is 1.50. The molecule has 1 aromatic heterocycles. The average molecular weight is 380 g/mol.